The van der Waals surface area contributed by atoms with Crippen molar-refractivity contribution in [3.05, 3.63) is 92.4 Å². The summed E-state index contributed by atoms with van der Waals surface area (Å²) in [6.07, 6.45) is 9.06. The second kappa shape index (κ2) is 9.18. The van der Waals surface area contributed by atoms with Crippen molar-refractivity contribution >= 4 is 31.9 Å². The van der Waals surface area contributed by atoms with Crippen molar-refractivity contribution in [2.75, 3.05) is 0 Å². The van der Waals surface area contributed by atoms with Crippen molar-refractivity contribution in [3.63, 3.8) is 0 Å². The van der Waals surface area contributed by atoms with Gasteiger partial charge in [0.25, 0.3) is 0 Å². The highest BCUT2D eigenvalue weighted by Gasteiger charge is 2.44. The van der Waals surface area contributed by atoms with E-state index in [1.165, 1.54) is 66.3 Å². The molecule has 0 nitrogen and oxygen atoms in total. The molecule has 3 aromatic rings. The molecule has 0 N–H and O–H groups in total. The molecule has 0 atom stereocenters. The first-order valence-corrected chi connectivity index (χ1v) is 12.4. The maximum Gasteiger partial charge on any atom is 0.0464 e. The molecule has 2 heteroatoms. The molecule has 0 saturated carbocycles. The van der Waals surface area contributed by atoms with E-state index >= 15 is 0 Å². The van der Waals surface area contributed by atoms with Crippen LogP contribution in [0.5, 0.6) is 0 Å². The van der Waals surface area contributed by atoms with E-state index in [4.69, 9.17) is 0 Å². The molecule has 0 heterocycles. The summed E-state index contributed by atoms with van der Waals surface area (Å²) in [4.78, 5) is 0. The molecular formula is C27H28Br2. The van der Waals surface area contributed by atoms with Crippen molar-refractivity contribution in [1.29, 1.82) is 0 Å². The summed E-state index contributed by atoms with van der Waals surface area (Å²) in [5.74, 6) is 0. The van der Waals surface area contributed by atoms with Gasteiger partial charge in [-0.1, -0.05) is 120 Å². The van der Waals surface area contributed by atoms with Gasteiger partial charge in [0.2, 0.25) is 0 Å². The molecule has 1 aliphatic carbocycles. The van der Waals surface area contributed by atoms with E-state index in [0.29, 0.717) is 0 Å². The van der Waals surface area contributed by atoms with Gasteiger partial charge in [-0.15, -0.1) is 0 Å². The lowest BCUT2D eigenvalue weighted by Gasteiger charge is -2.33. The predicted molar refractivity (Wildman–Crippen MR) is 132 cm³/mol. The SMILES string of the molecule is CCCCCCCCC1(c2ccccc2)c2cc(Br)ccc2-c2ccc(Br)cc21. The standard InChI is InChI=1S/C27H28Br2/c1-2-3-4-5-6-10-17-27(20-11-8-7-9-12-20)25-18-21(28)13-15-23(25)24-16-14-22(29)19-26(24)27/h7-9,11-16,18-19H,2-6,10,17H2,1H3. The van der Waals surface area contributed by atoms with E-state index in [1.54, 1.807) is 0 Å². The van der Waals surface area contributed by atoms with Gasteiger partial charge in [0, 0.05) is 14.4 Å². The Morgan fingerprint density at radius 3 is 1.79 bits per heavy atom. The second-order valence-electron chi connectivity index (χ2n) is 8.17. The molecule has 0 aromatic heterocycles. The van der Waals surface area contributed by atoms with Crippen LogP contribution in [0.3, 0.4) is 0 Å². The van der Waals surface area contributed by atoms with E-state index in [0.717, 1.165) is 15.4 Å². The van der Waals surface area contributed by atoms with Gasteiger partial charge >= 0.3 is 0 Å². The van der Waals surface area contributed by atoms with Crippen molar-refractivity contribution < 1.29 is 0 Å². The molecule has 4 rings (SSSR count). The summed E-state index contributed by atoms with van der Waals surface area (Å²) in [7, 11) is 0. The first-order chi connectivity index (χ1) is 14.2. The molecule has 0 saturated heterocycles. The molecule has 29 heavy (non-hydrogen) atoms. The Balaban J connectivity index is 1.82. The third kappa shape index (κ3) is 3.99. The number of rotatable bonds is 8. The quantitative estimate of drug-likeness (QED) is 0.264. The summed E-state index contributed by atoms with van der Waals surface area (Å²) in [6.45, 7) is 2.28. The number of benzene rings is 3. The average Bonchev–Trinajstić information content (AvgIpc) is 3.00. The van der Waals surface area contributed by atoms with Crippen LogP contribution >= 0.6 is 31.9 Å². The van der Waals surface area contributed by atoms with Crippen molar-refractivity contribution in [1.82, 2.24) is 0 Å². The number of unbranched alkanes of at least 4 members (excludes halogenated alkanes) is 5. The first kappa shape index (κ1) is 20.9. The Bertz CT molecular complexity index is 924. The summed E-state index contributed by atoms with van der Waals surface area (Å²) in [6, 6.07) is 24.8. The lowest BCUT2D eigenvalue weighted by molar-refractivity contribution is 0.506. The predicted octanol–water partition coefficient (Wildman–Crippen LogP) is 9.28. The Morgan fingerprint density at radius 1 is 0.655 bits per heavy atom. The van der Waals surface area contributed by atoms with Gasteiger partial charge in [-0.2, -0.15) is 0 Å². The lowest BCUT2D eigenvalue weighted by atomic mass is 9.69. The molecule has 0 bridgehead atoms. The molecule has 0 radical (unpaired) electrons. The van der Waals surface area contributed by atoms with E-state index < -0.39 is 0 Å². The van der Waals surface area contributed by atoms with Crippen LogP contribution < -0.4 is 0 Å². The third-order valence-corrected chi connectivity index (χ3v) is 7.33. The van der Waals surface area contributed by atoms with Crippen LogP contribution in [0.25, 0.3) is 11.1 Å². The summed E-state index contributed by atoms with van der Waals surface area (Å²) < 4.78 is 2.32. The van der Waals surface area contributed by atoms with E-state index in [2.05, 4.69) is 106 Å². The average molecular weight is 512 g/mol. The van der Waals surface area contributed by atoms with Gasteiger partial charge in [0.05, 0.1) is 0 Å². The zero-order valence-corrected chi connectivity index (χ0v) is 20.2. The normalized spacial score (nSPS) is 13.9. The molecule has 1 aliphatic rings. The highest BCUT2D eigenvalue weighted by molar-refractivity contribution is 9.10. The molecular weight excluding hydrogens is 484 g/mol. The van der Waals surface area contributed by atoms with Gasteiger partial charge in [-0.3, -0.25) is 0 Å². The maximum absolute atomic E-state index is 3.75. The molecule has 0 spiro atoms. The smallest absolute Gasteiger partial charge is 0.0464 e. The van der Waals surface area contributed by atoms with E-state index in [-0.39, 0.29) is 5.41 Å². The second-order valence-corrected chi connectivity index (χ2v) is 10.0. The fourth-order valence-corrected chi connectivity index (χ4v) is 5.69. The molecule has 3 aromatic carbocycles. The zero-order chi connectivity index (χ0) is 20.3. The number of hydrogen-bond acceptors (Lipinski definition) is 0. The topological polar surface area (TPSA) is 0 Å². The zero-order valence-electron chi connectivity index (χ0n) is 17.1. The summed E-state index contributed by atoms with van der Waals surface area (Å²) in [5, 5.41) is 0. The summed E-state index contributed by atoms with van der Waals surface area (Å²) >= 11 is 7.50. The third-order valence-electron chi connectivity index (χ3n) is 6.34. The van der Waals surface area contributed by atoms with Crippen LogP contribution in [0.15, 0.2) is 75.7 Å². The minimum absolute atomic E-state index is 0.0791. The van der Waals surface area contributed by atoms with Crippen molar-refractivity contribution in [2.24, 2.45) is 0 Å². The van der Waals surface area contributed by atoms with Crippen LogP contribution in [0, 0.1) is 0 Å². The fourth-order valence-electron chi connectivity index (χ4n) is 4.97. The largest absolute Gasteiger partial charge is 0.0654 e. The molecule has 0 amide bonds. The van der Waals surface area contributed by atoms with Crippen LogP contribution in [0.1, 0.15) is 68.6 Å². The summed E-state index contributed by atoms with van der Waals surface area (Å²) in [5.41, 5.74) is 6.98. The van der Waals surface area contributed by atoms with Crippen molar-refractivity contribution in [3.8, 4) is 11.1 Å². The minimum atomic E-state index is -0.0791. The highest BCUT2D eigenvalue weighted by Crippen LogP contribution is 2.56. The highest BCUT2D eigenvalue weighted by atomic mass is 79.9. The van der Waals surface area contributed by atoms with Gasteiger partial charge < -0.3 is 0 Å². The van der Waals surface area contributed by atoms with Gasteiger partial charge in [0.1, 0.15) is 0 Å². The Morgan fingerprint density at radius 2 is 1.21 bits per heavy atom. The van der Waals surface area contributed by atoms with Crippen LogP contribution in [0.4, 0.5) is 0 Å². The van der Waals surface area contributed by atoms with Crippen LogP contribution in [-0.2, 0) is 5.41 Å². The maximum atomic E-state index is 3.75. The van der Waals surface area contributed by atoms with Gasteiger partial charge in [-0.05, 0) is 58.5 Å². The molecule has 0 aliphatic heterocycles. The van der Waals surface area contributed by atoms with Gasteiger partial charge in [0.15, 0.2) is 0 Å². The monoisotopic (exact) mass is 510 g/mol. The van der Waals surface area contributed by atoms with Crippen LogP contribution in [-0.4, -0.2) is 0 Å². The lowest BCUT2D eigenvalue weighted by Crippen LogP contribution is -2.27. The van der Waals surface area contributed by atoms with E-state index in [9.17, 15) is 0 Å². The number of hydrogen-bond donors (Lipinski definition) is 0. The van der Waals surface area contributed by atoms with Gasteiger partial charge in [-0.25, -0.2) is 0 Å². The fraction of sp³-hybridized carbons (Fsp3) is 0.333. The Hall–Kier alpha value is -1.38. The molecule has 150 valence electrons. The Labute approximate surface area is 192 Å². The Kier molecular flexibility index (Phi) is 6.61. The minimum Gasteiger partial charge on any atom is -0.0654 e. The van der Waals surface area contributed by atoms with Crippen LogP contribution in [0.2, 0.25) is 0 Å². The van der Waals surface area contributed by atoms with E-state index in [1.807, 2.05) is 0 Å². The molecule has 0 unspecified atom stereocenters. The molecule has 0 fully saturated rings. The number of fused-ring (bicyclic) bond motifs is 3. The first-order valence-electron chi connectivity index (χ1n) is 10.8. The number of halogens is 2. The van der Waals surface area contributed by atoms with Crippen molar-refractivity contribution in [2.45, 2.75) is 57.3 Å².